The zero-order valence-electron chi connectivity index (χ0n) is 18.9. The molecule has 0 aromatic heterocycles. The number of nitrogens with one attached hydrogen (secondary N) is 2. The first-order valence-corrected chi connectivity index (χ1v) is 11.7. The van der Waals surface area contributed by atoms with E-state index in [1.54, 1.807) is 0 Å². The number of nitrogens with zero attached hydrogens (tertiary/aromatic N) is 1. The first-order chi connectivity index (χ1) is 16.6. The highest BCUT2D eigenvalue weighted by molar-refractivity contribution is 5.95. The molecule has 1 aliphatic carbocycles. The minimum absolute atomic E-state index is 0.0702. The molecule has 2 aliphatic heterocycles. The molecule has 0 radical (unpaired) electrons. The van der Waals surface area contributed by atoms with E-state index in [4.69, 9.17) is 0 Å². The van der Waals surface area contributed by atoms with Crippen molar-refractivity contribution in [2.45, 2.75) is 50.1 Å². The molecule has 1 aromatic rings. The highest BCUT2D eigenvalue weighted by Crippen LogP contribution is 2.44. The standard InChI is InChI=1S/C24H27F4N3O4/c25-11-19(32)18(9-13-7-8-29-21(13)33)30-22(34)20-17-6-1-3-14(17)12-31(20)23(35)24(27,28)15-4-2-5-16(26)10-15/h2,4-5,10,13-14,17-18,20H,1,3,6-9,11-12H2,(H,29,33)(H,30,34)/t13-,14+,17+,18+,20+/m1/s1. The molecule has 3 amide bonds. The fourth-order valence-corrected chi connectivity index (χ4v) is 5.61. The highest BCUT2D eigenvalue weighted by Gasteiger charge is 2.55. The fourth-order valence-electron chi connectivity index (χ4n) is 5.61. The number of carbonyl (C=O) groups excluding carboxylic acids is 4. The quantitative estimate of drug-likeness (QED) is 0.538. The smallest absolute Gasteiger partial charge is 0.350 e. The summed E-state index contributed by atoms with van der Waals surface area (Å²) in [4.78, 5) is 51.3. The van der Waals surface area contributed by atoms with Crippen LogP contribution in [0.25, 0.3) is 0 Å². The van der Waals surface area contributed by atoms with Gasteiger partial charge in [-0.05, 0) is 49.7 Å². The Kier molecular flexibility index (Phi) is 7.14. The van der Waals surface area contributed by atoms with Crippen LogP contribution < -0.4 is 10.6 Å². The van der Waals surface area contributed by atoms with Crippen molar-refractivity contribution in [3.8, 4) is 0 Å². The van der Waals surface area contributed by atoms with Crippen LogP contribution in [0.15, 0.2) is 24.3 Å². The van der Waals surface area contributed by atoms with Crippen LogP contribution in [0.1, 0.15) is 37.7 Å². The van der Waals surface area contributed by atoms with Gasteiger partial charge in [0.1, 0.15) is 18.5 Å². The van der Waals surface area contributed by atoms with Crippen LogP contribution in [0.2, 0.25) is 0 Å². The minimum atomic E-state index is -4.07. The van der Waals surface area contributed by atoms with Gasteiger partial charge in [-0.15, -0.1) is 0 Å². The van der Waals surface area contributed by atoms with Gasteiger partial charge in [-0.3, -0.25) is 19.2 Å². The zero-order chi connectivity index (χ0) is 25.3. The van der Waals surface area contributed by atoms with Crippen LogP contribution >= 0.6 is 0 Å². The number of alkyl halides is 3. The van der Waals surface area contributed by atoms with Crippen molar-refractivity contribution in [1.82, 2.24) is 15.5 Å². The Hall–Kier alpha value is -2.98. The Labute approximate surface area is 199 Å². The topological polar surface area (TPSA) is 95.6 Å². The predicted molar refractivity (Wildman–Crippen MR) is 115 cm³/mol. The summed E-state index contributed by atoms with van der Waals surface area (Å²) < 4.78 is 57.0. The first kappa shape index (κ1) is 25.1. The molecule has 3 fully saturated rings. The van der Waals surface area contributed by atoms with Crippen LogP contribution in [0, 0.1) is 23.6 Å². The Morgan fingerprint density at radius 3 is 2.63 bits per heavy atom. The van der Waals surface area contributed by atoms with Crippen molar-refractivity contribution in [3.63, 3.8) is 0 Å². The monoisotopic (exact) mass is 497 g/mol. The molecule has 190 valence electrons. The van der Waals surface area contributed by atoms with E-state index in [1.165, 1.54) is 0 Å². The van der Waals surface area contributed by atoms with Crippen molar-refractivity contribution in [1.29, 1.82) is 0 Å². The second-order valence-corrected chi connectivity index (χ2v) is 9.52. The zero-order valence-corrected chi connectivity index (χ0v) is 18.9. The second-order valence-electron chi connectivity index (χ2n) is 9.52. The molecule has 0 unspecified atom stereocenters. The van der Waals surface area contributed by atoms with Crippen LogP contribution in [-0.2, 0) is 25.1 Å². The Balaban J connectivity index is 1.57. The third-order valence-electron chi connectivity index (χ3n) is 7.40. The molecule has 2 heterocycles. The number of likely N-dealkylation sites (tertiary alicyclic amines) is 1. The lowest BCUT2D eigenvalue weighted by Gasteiger charge is -2.31. The number of hydrogen-bond acceptors (Lipinski definition) is 4. The molecular formula is C24H27F4N3O4. The lowest BCUT2D eigenvalue weighted by Crippen LogP contribution is -2.55. The molecule has 4 rings (SSSR count). The van der Waals surface area contributed by atoms with Gasteiger partial charge in [0.05, 0.1) is 6.04 Å². The maximum atomic E-state index is 15.1. The fraction of sp³-hybridized carbons (Fsp3) is 0.583. The van der Waals surface area contributed by atoms with Crippen molar-refractivity contribution < 1.29 is 36.7 Å². The van der Waals surface area contributed by atoms with Crippen LogP contribution in [0.3, 0.4) is 0 Å². The lowest BCUT2D eigenvalue weighted by molar-refractivity contribution is -0.162. The molecule has 11 heteroatoms. The number of hydrogen-bond donors (Lipinski definition) is 2. The molecule has 2 saturated heterocycles. The first-order valence-electron chi connectivity index (χ1n) is 11.7. The maximum absolute atomic E-state index is 15.1. The summed E-state index contributed by atoms with van der Waals surface area (Å²) in [7, 11) is 0. The molecule has 0 spiro atoms. The SMILES string of the molecule is O=C1NCC[C@@H]1C[C@H](NC(=O)[C@@H]1[C@H]2CCC[C@H]2CN1C(=O)C(F)(F)c1cccc(F)c1)C(=O)CF. The second kappa shape index (κ2) is 9.94. The molecule has 2 N–H and O–H groups in total. The average Bonchev–Trinajstić information content (AvgIpc) is 3.53. The van der Waals surface area contributed by atoms with Crippen molar-refractivity contribution in [2.75, 3.05) is 19.8 Å². The molecule has 3 aliphatic rings. The van der Waals surface area contributed by atoms with Gasteiger partial charge in [0.2, 0.25) is 11.8 Å². The summed E-state index contributed by atoms with van der Waals surface area (Å²) in [5.74, 6) is -9.84. The van der Waals surface area contributed by atoms with Crippen LogP contribution in [0.4, 0.5) is 17.6 Å². The summed E-state index contributed by atoms with van der Waals surface area (Å²) in [6.07, 6.45) is 2.25. The van der Waals surface area contributed by atoms with Crippen LogP contribution in [-0.4, -0.2) is 60.3 Å². The van der Waals surface area contributed by atoms with Crippen LogP contribution in [0.5, 0.6) is 0 Å². The van der Waals surface area contributed by atoms with Gasteiger partial charge in [-0.1, -0.05) is 18.6 Å². The number of ketones is 1. The van der Waals surface area contributed by atoms with Crippen molar-refractivity contribution in [2.24, 2.45) is 17.8 Å². The average molecular weight is 497 g/mol. The van der Waals surface area contributed by atoms with E-state index in [0.717, 1.165) is 29.5 Å². The van der Waals surface area contributed by atoms with E-state index in [2.05, 4.69) is 10.6 Å². The maximum Gasteiger partial charge on any atom is 0.350 e. The highest BCUT2D eigenvalue weighted by atomic mass is 19.3. The third-order valence-corrected chi connectivity index (χ3v) is 7.40. The van der Waals surface area contributed by atoms with E-state index in [1.807, 2.05) is 0 Å². The van der Waals surface area contributed by atoms with E-state index in [-0.39, 0.29) is 24.8 Å². The number of amides is 3. The lowest BCUT2D eigenvalue weighted by atomic mass is 9.92. The van der Waals surface area contributed by atoms with E-state index >= 15 is 8.78 Å². The predicted octanol–water partition coefficient (Wildman–Crippen LogP) is 2.09. The van der Waals surface area contributed by atoms with E-state index in [0.29, 0.717) is 31.9 Å². The molecule has 1 aromatic carbocycles. The number of carbonyl (C=O) groups is 4. The van der Waals surface area contributed by atoms with Gasteiger partial charge < -0.3 is 15.5 Å². The molecule has 1 saturated carbocycles. The summed E-state index contributed by atoms with van der Waals surface area (Å²) in [6.45, 7) is -1.03. The Morgan fingerprint density at radius 2 is 1.97 bits per heavy atom. The largest absolute Gasteiger partial charge is 0.356 e. The van der Waals surface area contributed by atoms with E-state index < -0.39 is 65.5 Å². The van der Waals surface area contributed by atoms with Gasteiger partial charge in [0, 0.05) is 24.6 Å². The van der Waals surface area contributed by atoms with Crippen molar-refractivity contribution >= 4 is 23.5 Å². The molecule has 7 nitrogen and oxygen atoms in total. The number of benzene rings is 1. The number of rotatable bonds is 8. The Morgan fingerprint density at radius 1 is 1.20 bits per heavy atom. The summed E-state index contributed by atoms with van der Waals surface area (Å²) in [5.41, 5.74) is -0.823. The number of Topliss-reactive ketones (excluding diaryl/α,β-unsaturated/α-hetero) is 1. The number of halogens is 4. The normalized spacial score (nSPS) is 26.9. The minimum Gasteiger partial charge on any atom is -0.356 e. The molecule has 35 heavy (non-hydrogen) atoms. The van der Waals surface area contributed by atoms with E-state index in [9.17, 15) is 28.0 Å². The summed E-state index contributed by atoms with van der Waals surface area (Å²) in [5, 5.41) is 5.06. The van der Waals surface area contributed by atoms with Crippen molar-refractivity contribution in [3.05, 3.63) is 35.6 Å². The Bertz CT molecular complexity index is 1020. The van der Waals surface area contributed by atoms with Gasteiger partial charge in [0.25, 0.3) is 5.91 Å². The van der Waals surface area contributed by atoms with Gasteiger partial charge in [0.15, 0.2) is 5.78 Å². The van der Waals surface area contributed by atoms with Gasteiger partial charge in [-0.2, -0.15) is 8.78 Å². The molecule has 5 atom stereocenters. The molecular weight excluding hydrogens is 470 g/mol. The van der Waals surface area contributed by atoms with Gasteiger partial charge >= 0.3 is 5.92 Å². The number of fused-ring (bicyclic) bond motifs is 1. The summed E-state index contributed by atoms with van der Waals surface area (Å²) in [6, 6.07) is 0.972. The summed E-state index contributed by atoms with van der Waals surface area (Å²) >= 11 is 0. The van der Waals surface area contributed by atoms with Gasteiger partial charge in [-0.25, -0.2) is 8.78 Å². The third kappa shape index (κ3) is 4.90. The molecule has 0 bridgehead atoms.